The Morgan fingerprint density at radius 3 is 2.75 bits per heavy atom. The van der Waals surface area contributed by atoms with Crippen LogP contribution in [0.3, 0.4) is 0 Å². The van der Waals surface area contributed by atoms with E-state index in [2.05, 4.69) is 9.98 Å². The molecule has 0 bridgehead atoms. The summed E-state index contributed by atoms with van der Waals surface area (Å²) in [5, 5.41) is 21.5. The van der Waals surface area contributed by atoms with E-state index < -0.39 is 10.7 Å². The van der Waals surface area contributed by atoms with Crippen LogP contribution in [0.15, 0.2) is 70.1 Å². The van der Waals surface area contributed by atoms with Crippen molar-refractivity contribution in [1.29, 1.82) is 0 Å². The van der Waals surface area contributed by atoms with Gasteiger partial charge < -0.3 is 9.52 Å². The van der Waals surface area contributed by atoms with Crippen LogP contribution in [0.25, 0.3) is 22.6 Å². The van der Waals surface area contributed by atoms with E-state index in [0.29, 0.717) is 27.7 Å². The van der Waals surface area contributed by atoms with Crippen LogP contribution in [-0.2, 0) is 0 Å². The molecule has 0 saturated carbocycles. The first-order valence-corrected chi connectivity index (χ1v) is 8.56. The van der Waals surface area contributed by atoms with Gasteiger partial charge >= 0.3 is 5.69 Å². The minimum atomic E-state index is -0.647. The number of nitro groups is 1. The van der Waals surface area contributed by atoms with Gasteiger partial charge in [-0.3, -0.25) is 15.1 Å². The van der Waals surface area contributed by atoms with Crippen LogP contribution >= 0.6 is 11.6 Å². The van der Waals surface area contributed by atoms with Crippen molar-refractivity contribution in [2.75, 3.05) is 0 Å². The summed E-state index contributed by atoms with van der Waals surface area (Å²) in [6.07, 6.45) is 1.36. The fourth-order valence-electron chi connectivity index (χ4n) is 2.69. The van der Waals surface area contributed by atoms with Crippen LogP contribution in [-0.4, -0.2) is 21.2 Å². The molecule has 0 unspecified atom stereocenters. The maximum atomic E-state index is 10.9. The number of hydrogen-bond acceptors (Lipinski definition) is 6. The van der Waals surface area contributed by atoms with Crippen LogP contribution in [0, 0.1) is 10.1 Å². The highest BCUT2D eigenvalue weighted by atomic mass is 35.5. The highest BCUT2D eigenvalue weighted by Crippen LogP contribution is 2.30. The fraction of sp³-hybridized carbons (Fsp3) is 0. The average molecular weight is 394 g/mol. The predicted molar refractivity (Wildman–Crippen MR) is 106 cm³/mol. The van der Waals surface area contributed by atoms with E-state index in [4.69, 9.17) is 16.0 Å². The van der Waals surface area contributed by atoms with Gasteiger partial charge in [-0.2, -0.15) is 0 Å². The third-order valence-corrected chi connectivity index (χ3v) is 4.27. The summed E-state index contributed by atoms with van der Waals surface area (Å²) in [6, 6.07) is 16.6. The number of halogens is 1. The Bertz CT molecular complexity index is 1230. The Morgan fingerprint density at radius 2 is 1.96 bits per heavy atom. The maximum absolute atomic E-state index is 10.9. The molecule has 0 spiro atoms. The number of phenolic OH excluding ortho intramolecular Hbond substituents is 1. The van der Waals surface area contributed by atoms with E-state index in [9.17, 15) is 15.2 Å². The van der Waals surface area contributed by atoms with Gasteiger partial charge in [0.05, 0.1) is 10.6 Å². The van der Waals surface area contributed by atoms with E-state index in [1.54, 1.807) is 30.3 Å². The average Bonchev–Trinajstić information content (AvgIpc) is 3.10. The summed E-state index contributed by atoms with van der Waals surface area (Å²) in [5.41, 5.74) is 2.38. The number of rotatable bonds is 4. The van der Waals surface area contributed by atoms with Crippen LogP contribution in [0.2, 0.25) is 5.02 Å². The summed E-state index contributed by atoms with van der Waals surface area (Å²) in [5.74, 6) is 0.0111. The molecule has 4 rings (SSSR count). The molecule has 0 saturated heterocycles. The number of fused-ring (bicyclic) bond motifs is 1. The van der Waals surface area contributed by atoms with E-state index in [1.807, 2.05) is 12.1 Å². The molecule has 8 heteroatoms. The molecule has 1 heterocycles. The SMILES string of the molecule is O=[N+]([O-])c1cccc(C=Nc2ccc3oc(-c4cccc(Cl)c4)nc3c2)c1O. The molecule has 7 nitrogen and oxygen atoms in total. The first-order chi connectivity index (χ1) is 13.5. The fourth-order valence-corrected chi connectivity index (χ4v) is 2.88. The van der Waals surface area contributed by atoms with E-state index in [0.717, 1.165) is 5.56 Å². The van der Waals surface area contributed by atoms with Gasteiger partial charge in [0, 0.05) is 28.4 Å². The van der Waals surface area contributed by atoms with Crippen LogP contribution in [0.5, 0.6) is 5.75 Å². The number of oxazole rings is 1. The number of phenols is 1. The maximum Gasteiger partial charge on any atom is 0.311 e. The second-order valence-electron chi connectivity index (χ2n) is 5.91. The first kappa shape index (κ1) is 17.7. The van der Waals surface area contributed by atoms with Gasteiger partial charge in [0.15, 0.2) is 5.58 Å². The molecule has 0 aliphatic carbocycles. The lowest BCUT2D eigenvalue weighted by Crippen LogP contribution is -1.91. The van der Waals surface area contributed by atoms with Crippen molar-refractivity contribution in [3.05, 3.63) is 81.4 Å². The number of aromatic hydroxyl groups is 1. The summed E-state index contributed by atoms with van der Waals surface area (Å²) in [4.78, 5) is 19.0. The molecule has 1 N–H and O–H groups in total. The quantitative estimate of drug-likeness (QED) is 0.279. The molecular weight excluding hydrogens is 382 g/mol. The Hall–Kier alpha value is -3.71. The first-order valence-electron chi connectivity index (χ1n) is 8.18. The number of nitro benzene ring substituents is 1. The molecule has 3 aromatic carbocycles. The van der Waals surface area contributed by atoms with Gasteiger partial charge in [0.2, 0.25) is 11.6 Å². The zero-order valence-corrected chi connectivity index (χ0v) is 15.0. The summed E-state index contributed by atoms with van der Waals surface area (Å²) in [6.45, 7) is 0. The molecule has 0 fully saturated rings. The number of nitrogens with zero attached hydrogens (tertiary/aromatic N) is 3. The Balaban J connectivity index is 1.66. The van der Waals surface area contributed by atoms with Gasteiger partial charge in [-0.15, -0.1) is 0 Å². The van der Waals surface area contributed by atoms with Crippen LogP contribution in [0.4, 0.5) is 11.4 Å². The van der Waals surface area contributed by atoms with E-state index in [1.165, 1.54) is 24.4 Å². The molecule has 0 amide bonds. The van der Waals surface area contributed by atoms with Crippen molar-refractivity contribution < 1.29 is 14.4 Å². The van der Waals surface area contributed by atoms with Gasteiger partial charge in [0.1, 0.15) is 5.52 Å². The molecule has 1 aromatic heterocycles. The van der Waals surface area contributed by atoms with Gasteiger partial charge in [0.25, 0.3) is 0 Å². The molecular formula is C20H12ClN3O4. The monoisotopic (exact) mass is 393 g/mol. The van der Waals surface area contributed by atoms with Crippen LogP contribution in [0.1, 0.15) is 5.56 Å². The topological polar surface area (TPSA) is 102 Å². The van der Waals surface area contributed by atoms with E-state index in [-0.39, 0.29) is 11.3 Å². The number of hydrogen-bond donors (Lipinski definition) is 1. The minimum absolute atomic E-state index is 0.245. The lowest BCUT2D eigenvalue weighted by Gasteiger charge is -1.99. The number of aromatic nitrogens is 1. The summed E-state index contributed by atoms with van der Waals surface area (Å²) >= 11 is 6.01. The molecule has 0 aliphatic rings. The lowest BCUT2D eigenvalue weighted by molar-refractivity contribution is -0.385. The molecule has 0 atom stereocenters. The smallest absolute Gasteiger partial charge is 0.311 e. The number of para-hydroxylation sites is 1. The Labute approximate surface area is 163 Å². The van der Waals surface area contributed by atoms with Crippen molar-refractivity contribution in [2.45, 2.75) is 0 Å². The van der Waals surface area contributed by atoms with E-state index >= 15 is 0 Å². The second-order valence-corrected chi connectivity index (χ2v) is 6.35. The third kappa shape index (κ3) is 3.43. The van der Waals surface area contributed by atoms with Crippen LogP contribution < -0.4 is 0 Å². The summed E-state index contributed by atoms with van der Waals surface area (Å²) in [7, 11) is 0. The number of aliphatic imine (C=N–C) groups is 1. The van der Waals surface area contributed by atoms with Crippen molar-refractivity contribution in [1.82, 2.24) is 4.98 Å². The molecule has 138 valence electrons. The van der Waals surface area contributed by atoms with Crippen molar-refractivity contribution in [3.63, 3.8) is 0 Å². The molecule has 0 aliphatic heterocycles. The largest absolute Gasteiger partial charge is 0.502 e. The standard InChI is InChI=1S/C20H12ClN3O4/c21-14-5-1-3-12(9-14)20-23-16-10-15(7-8-18(16)28-20)22-11-13-4-2-6-17(19(13)25)24(26)27/h1-11,25H. The second kappa shape index (κ2) is 7.13. The van der Waals surface area contributed by atoms with Crippen molar-refractivity contribution in [3.8, 4) is 17.2 Å². The van der Waals surface area contributed by atoms with Crippen molar-refractivity contribution >= 4 is 40.3 Å². The lowest BCUT2D eigenvalue weighted by atomic mass is 10.2. The zero-order chi connectivity index (χ0) is 19.7. The Kier molecular flexibility index (Phi) is 4.50. The molecule has 28 heavy (non-hydrogen) atoms. The third-order valence-electron chi connectivity index (χ3n) is 4.04. The highest BCUT2D eigenvalue weighted by molar-refractivity contribution is 6.30. The van der Waals surface area contributed by atoms with Gasteiger partial charge in [-0.25, -0.2) is 4.98 Å². The number of benzene rings is 3. The van der Waals surface area contributed by atoms with Gasteiger partial charge in [-0.1, -0.05) is 23.7 Å². The Morgan fingerprint density at radius 1 is 1.14 bits per heavy atom. The predicted octanol–water partition coefficient (Wildman–Crippen LogP) is 5.51. The summed E-state index contributed by atoms with van der Waals surface area (Å²) < 4.78 is 5.75. The molecule has 4 aromatic rings. The normalized spacial score (nSPS) is 11.3. The van der Waals surface area contributed by atoms with Gasteiger partial charge in [-0.05, 0) is 42.5 Å². The highest BCUT2D eigenvalue weighted by Gasteiger charge is 2.15. The zero-order valence-electron chi connectivity index (χ0n) is 14.2. The minimum Gasteiger partial charge on any atom is -0.502 e. The molecule has 0 radical (unpaired) electrons. The van der Waals surface area contributed by atoms with Crippen molar-refractivity contribution in [2.24, 2.45) is 4.99 Å².